The van der Waals surface area contributed by atoms with Crippen molar-refractivity contribution < 1.29 is 0 Å². The molecular formula is C22H13BrCl2N2. The van der Waals surface area contributed by atoms with E-state index in [4.69, 9.17) is 33.2 Å². The van der Waals surface area contributed by atoms with E-state index in [1.54, 1.807) is 0 Å². The lowest BCUT2D eigenvalue weighted by molar-refractivity contribution is 1.18. The van der Waals surface area contributed by atoms with Crippen molar-refractivity contribution >= 4 is 39.1 Å². The Balaban J connectivity index is 1.92. The number of aromatic nitrogens is 2. The van der Waals surface area contributed by atoms with E-state index in [-0.39, 0.29) is 0 Å². The maximum absolute atomic E-state index is 6.18. The van der Waals surface area contributed by atoms with Crippen LogP contribution in [0.1, 0.15) is 0 Å². The molecule has 0 N–H and O–H groups in total. The van der Waals surface area contributed by atoms with Gasteiger partial charge in [0.05, 0.1) is 11.4 Å². The van der Waals surface area contributed by atoms with Gasteiger partial charge in [-0.3, -0.25) is 0 Å². The molecule has 0 radical (unpaired) electrons. The summed E-state index contributed by atoms with van der Waals surface area (Å²) in [5, 5.41) is 1.33. The normalized spacial score (nSPS) is 10.8. The standard InChI is InChI=1S/C22H13BrCl2N2/c23-17-9-7-14(8-10-17)22-26-20(15-3-1-5-18(24)11-15)13-21(27-22)16-4-2-6-19(25)12-16/h1-13H. The van der Waals surface area contributed by atoms with Crippen molar-refractivity contribution in [3.05, 3.63) is 93.4 Å². The molecule has 5 heteroatoms. The first-order valence-electron chi connectivity index (χ1n) is 8.25. The molecule has 0 amide bonds. The highest BCUT2D eigenvalue weighted by atomic mass is 79.9. The van der Waals surface area contributed by atoms with Gasteiger partial charge in [-0.25, -0.2) is 9.97 Å². The Kier molecular flexibility index (Phi) is 5.26. The largest absolute Gasteiger partial charge is 0.228 e. The lowest BCUT2D eigenvalue weighted by Crippen LogP contribution is -1.96. The summed E-state index contributed by atoms with van der Waals surface area (Å²) in [6.07, 6.45) is 0. The summed E-state index contributed by atoms with van der Waals surface area (Å²) in [7, 11) is 0. The predicted molar refractivity (Wildman–Crippen MR) is 116 cm³/mol. The molecule has 4 rings (SSSR count). The van der Waals surface area contributed by atoms with Crippen LogP contribution in [0.15, 0.2) is 83.3 Å². The van der Waals surface area contributed by atoms with Crippen LogP contribution in [0.5, 0.6) is 0 Å². The summed E-state index contributed by atoms with van der Waals surface area (Å²) in [6, 6.07) is 25.2. The van der Waals surface area contributed by atoms with E-state index >= 15 is 0 Å². The molecule has 132 valence electrons. The third-order valence-corrected chi connectivity index (χ3v) is 5.07. The highest BCUT2D eigenvalue weighted by molar-refractivity contribution is 9.10. The molecule has 3 aromatic carbocycles. The average Bonchev–Trinajstić information content (AvgIpc) is 2.68. The molecule has 2 nitrogen and oxygen atoms in total. The first kappa shape index (κ1) is 18.2. The summed E-state index contributed by atoms with van der Waals surface area (Å²) in [5.41, 5.74) is 4.42. The molecule has 0 aliphatic rings. The lowest BCUT2D eigenvalue weighted by atomic mass is 10.1. The Morgan fingerprint density at radius 3 is 1.59 bits per heavy atom. The maximum atomic E-state index is 6.18. The van der Waals surface area contributed by atoms with E-state index in [0.717, 1.165) is 32.6 Å². The number of hydrogen-bond donors (Lipinski definition) is 0. The minimum atomic E-state index is 0.648. The Hall–Kier alpha value is -2.20. The topological polar surface area (TPSA) is 25.8 Å². The quantitative estimate of drug-likeness (QED) is 0.318. The van der Waals surface area contributed by atoms with Crippen LogP contribution >= 0.6 is 39.1 Å². The van der Waals surface area contributed by atoms with Gasteiger partial charge in [-0.05, 0) is 42.5 Å². The Bertz CT molecular complexity index is 1050. The SMILES string of the molecule is Clc1cccc(-c2cc(-c3cccc(Cl)c3)nc(-c3ccc(Br)cc3)n2)c1. The zero-order chi connectivity index (χ0) is 18.8. The molecule has 1 heterocycles. The van der Waals surface area contributed by atoms with E-state index in [0.29, 0.717) is 15.9 Å². The molecule has 0 spiro atoms. The van der Waals surface area contributed by atoms with Crippen LogP contribution in [0.4, 0.5) is 0 Å². The van der Waals surface area contributed by atoms with E-state index in [1.807, 2.05) is 78.9 Å². The summed E-state index contributed by atoms with van der Waals surface area (Å²) < 4.78 is 1.01. The number of nitrogens with zero attached hydrogens (tertiary/aromatic N) is 2. The van der Waals surface area contributed by atoms with Crippen LogP contribution in [-0.4, -0.2) is 9.97 Å². The van der Waals surface area contributed by atoms with Crippen molar-refractivity contribution in [2.45, 2.75) is 0 Å². The van der Waals surface area contributed by atoms with Crippen molar-refractivity contribution in [1.82, 2.24) is 9.97 Å². The summed E-state index contributed by atoms with van der Waals surface area (Å²) >= 11 is 15.8. The van der Waals surface area contributed by atoms with Gasteiger partial charge in [0.15, 0.2) is 5.82 Å². The Morgan fingerprint density at radius 1 is 0.593 bits per heavy atom. The third kappa shape index (κ3) is 4.22. The summed E-state index contributed by atoms with van der Waals surface area (Å²) in [5.74, 6) is 0.648. The van der Waals surface area contributed by atoms with Gasteiger partial charge in [0.1, 0.15) is 0 Å². The second kappa shape index (κ2) is 7.81. The van der Waals surface area contributed by atoms with Crippen molar-refractivity contribution in [2.24, 2.45) is 0 Å². The molecule has 0 unspecified atom stereocenters. The maximum Gasteiger partial charge on any atom is 0.160 e. The zero-order valence-electron chi connectivity index (χ0n) is 14.0. The Labute approximate surface area is 176 Å². The van der Waals surface area contributed by atoms with Crippen LogP contribution in [0.3, 0.4) is 0 Å². The van der Waals surface area contributed by atoms with Crippen molar-refractivity contribution in [3.8, 4) is 33.9 Å². The summed E-state index contributed by atoms with van der Waals surface area (Å²) in [6.45, 7) is 0. The average molecular weight is 456 g/mol. The zero-order valence-corrected chi connectivity index (χ0v) is 17.1. The van der Waals surface area contributed by atoms with E-state index < -0.39 is 0 Å². The monoisotopic (exact) mass is 454 g/mol. The van der Waals surface area contributed by atoms with Crippen LogP contribution in [0.25, 0.3) is 33.9 Å². The van der Waals surface area contributed by atoms with Gasteiger partial charge in [0, 0.05) is 31.2 Å². The molecule has 0 aliphatic carbocycles. The molecular weight excluding hydrogens is 443 g/mol. The fraction of sp³-hybridized carbons (Fsp3) is 0. The van der Waals surface area contributed by atoms with Gasteiger partial charge in [0.2, 0.25) is 0 Å². The van der Waals surface area contributed by atoms with Crippen LogP contribution in [-0.2, 0) is 0 Å². The fourth-order valence-corrected chi connectivity index (χ4v) is 3.41. The van der Waals surface area contributed by atoms with E-state index in [1.165, 1.54) is 0 Å². The molecule has 0 aliphatic heterocycles. The van der Waals surface area contributed by atoms with Crippen molar-refractivity contribution in [2.75, 3.05) is 0 Å². The number of hydrogen-bond acceptors (Lipinski definition) is 2. The minimum Gasteiger partial charge on any atom is -0.228 e. The predicted octanol–water partition coefficient (Wildman–Crippen LogP) is 7.55. The molecule has 27 heavy (non-hydrogen) atoms. The molecule has 0 bridgehead atoms. The highest BCUT2D eigenvalue weighted by Gasteiger charge is 2.11. The van der Waals surface area contributed by atoms with Gasteiger partial charge < -0.3 is 0 Å². The second-order valence-corrected chi connectivity index (χ2v) is 7.78. The van der Waals surface area contributed by atoms with Gasteiger partial charge in [-0.1, -0.05) is 75.5 Å². The van der Waals surface area contributed by atoms with Crippen molar-refractivity contribution in [3.63, 3.8) is 0 Å². The third-order valence-electron chi connectivity index (χ3n) is 4.07. The fourth-order valence-electron chi connectivity index (χ4n) is 2.77. The Morgan fingerprint density at radius 2 is 1.11 bits per heavy atom. The highest BCUT2D eigenvalue weighted by Crippen LogP contribution is 2.30. The van der Waals surface area contributed by atoms with Crippen LogP contribution in [0.2, 0.25) is 10.0 Å². The number of benzene rings is 3. The van der Waals surface area contributed by atoms with Gasteiger partial charge in [-0.2, -0.15) is 0 Å². The first-order valence-corrected chi connectivity index (χ1v) is 9.80. The number of rotatable bonds is 3. The van der Waals surface area contributed by atoms with Gasteiger partial charge in [-0.15, -0.1) is 0 Å². The minimum absolute atomic E-state index is 0.648. The summed E-state index contributed by atoms with van der Waals surface area (Å²) in [4.78, 5) is 9.55. The smallest absolute Gasteiger partial charge is 0.160 e. The van der Waals surface area contributed by atoms with E-state index in [2.05, 4.69) is 15.9 Å². The van der Waals surface area contributed by atoms with Crippen molar-refractivity contribution in [1.29, 1.82) is 0 Å². The van der Waals surface area contributed by atoms with Gasteiger partial charge in [0.25, 0.3) is 0 Å². The molecule has 0 fully saturated rings. The second-order valence-electron chi connectivity index (χ2n) is 5.99. The molecule has 1 aromatic heterocycles. The van der Waals surface area contributed by atoms with E-state index in [9.17, 15) is 0 Å². The molecule has 4 aromatic rings. The molecule has 0 saturated heterocycles. The van der Waals surface area contributed by atoms with Gasteiger partial charge >= 0.3 is 0 Å². The number of halogens is 3. The molecule has 0 saturated carbocycles. The van der Waals surface area contributed by atoms with Crippen LogP contribution < -0.4 is 0 Å². The lowest BCUT2D eigenvalue weighted by Gasteiger charge is -2.10. The molecule has 0 atom stereocenters. The first-order chi connectivity index (χ1) is 13.1. The van der Waals surface area contributed by atoms with Crippen LogP contribution in [0, 0.1) is 0 Å².